The Morgan fingerprint density at radius 2 is 2.00 bits per heavy atom. The number of aryl methyl sites for hydroxylation is 2. The van der Waals surface area contributed by atoms with Crippen molar-refractivity contribution in [1.82, 2.24) is 0 Å². The van der Waals surface area contributed by atoms with Gasteiger partial charge < -0.3 is 15.0 Å². The molecule has 3 rings (SSSR count). The van der Waals surface area contributed by atoms with E-state index in [9.17, 15) is 4.79 Å². The molecule has 0 atom stereocenters. The van der Waals surface area contributed by atoms with Crippen LogP contribution in [0.4, 0.5) is 11.4 Å². The second-order valence-corrected chi connectivity index (χ2v) is 5.91. The van der Waals surface area contributed by atoms with E-state index in [2.05, 4.69) is 16.3 Å². The number of rotatable bonds is 4. The lowest BCUT2D eigenvalue weighted by Crippen LogP contribution is -2.37. The first kappa shape index (κ1) is 15.4. The van der Waals surface area contributed by atoms with E-state index in [-0.39, 0.29) is 5.91 Å². The summed E-state index contributed by atoms with van der Waals surface area (Å²) in [4.78, 5) is 14.5. The number of methoxy groups -OCH3 is 1. The Morgan fingerprint density at radius 1 is 1.22 bits per heavy atom. The average molecular weight is 310 g/mol. The molecule has 4 nitrogen and oxygen atoms in total. The van der Waals surface area contributed by atoms with Crippen LogP contribution in [0.3, 0.4) is 0 Å². The van der Waals surface area contributed by atoms with E-state index in [1.165, 1.54) is 11.1 Å². The van der Waals surface area contributed by atoms with E-state index in [1.807, 2.05) is 43.3 Å². The third-order valence-corrected chi connectivity index (χ3v) is 4.16. The molecule has 2 aromatic rings. The van der Waals surface area contributed by atoms with Crippen LogP contribution in [0.2, 0.25) is 0 Å². The molecule has 0 saturated heterocycles. The van der Waals surface area contributed by atoms with E-state index < -0.39 is 0 Å². The Balaban J connectivity index is 1.74. The molecule has 1 aliphatic heterocycles. The van der Waals surface area contributed by atoms with Crippen LogP contribution in [0.1, 0.15) is 17.5 Å². The molecule has 0 saturated carbocycles. The van der Waals surface area contributed by atoms with Crippen LogP contribution in [0.25, 0.3) is 0 Å². The van der Waals surface area contributed by atoms with Crippen LogP contribution in [0.15, 0.2) is 42.5 Å². The number of ether oxygens (including phenoxy) is 1. The van der Waals surface area contributed by atoms with Crippen molar-refractivity contribution in [2.24, 2.45) is 0 Å². The van der Waals surface area contributed by atoms with Crippen molar-refractivity contribution >= 4 is 17.3 Å². The zero-order valence-electron chi connectivity index (χ0n) is 13.6. The summed E-state index contributed by atoms with van der Waals surface area (Å²) in [5.74, 6) is 0.831. The number of nitrogens with zero attached hydrogens (tertiary/aromatic N) is 1. The Bertz CT molecular complexity index is 681. The number of hydrogen-bond acceptors (Lipinski definition) is 3. The molecule has 0 aliphatic carbocycles. The zero-order valence-corrected chi connectivity index (χ0v) is 13.6. The third kappa shape index (κ3) is 3.47. The second-order valence-electron chi connectivity index (χ2n) is 5.91. The first-order chi connectivity index (χ1) is 11.2. The maximum atomic E-state index is 12.4. The van der Waals surface area contributed by atoms with Gasteiger partial charge in [-0.25, -0.2) is 0 Å². The fourth-order valence-electron chi connectivity index (χ4n) is 3.03. The highest BCUT2D eigenvalue weighted by atomic mass is 16.5. The largest absolute Gasteiger partial charge is 0.495 e. The lowest BCUT2D eigenvalue weighted by atomic mass is 10.0. The van der Waals surface area contributed by atoms with Gasteiger partial charge in [0.2, 0.25) is 5.91 Å². The summed E-state index contributed by atoms with van der Waals surface area (Å²) in [7, 11) is 1.68. The van der Waals surface area contributed by atoms with Crippen LogP contribution in [-0.4, -0.2) is 26.1 Å². The van der Waals surface area contributed by atoms with E-state index in [0.717, 1.165) is 36.5 Å². The fraction of sp³-hybridized carbons (Fsp3) is 0.316. The number of carbonyl (C=O) groups is 1. The van der Waals surface area contributed by atoms with Crippen molar-refractivity contribution in [1.29, 1.82) is 0 Å². The fourth-order valence-corrected chi connectivity index (χ4v) is 3.03. The lowest BCUT2D eigenvalue weighted by molar-refractivity contribution is -0.115. The molecule has 1 aliphatic rings. The molecule has 0 unspecified atom stereocenters. The van der Waals surface area contributed by atoms with Crippen LogP contribution in [0.5, 0.6) is 5.75 Å². The topological polar surface area (TPSA) is 41.6 Å². The molecule has 23 heavy (non-hydrogen) atoms. The summed E-state index contributed by atoms with van der Waals surface area (Å²) in [6, 6.07) is 13.9. The first-order valence-corrected chi connectivity index (χ1v) is 7.95. The van der Waals surface area contributed by atoms with E-state index in [4.69, 9.17) is 4.74 Å². The molecule has 0 bridgehead atoms. The SMILES string of the molecule is COc1cccc2c1N(CC(=O)Nc1ccc(C)cc1)CCC2. The summed E-state index contributed by atoms with van der Waals surface area (Å²) in [6.07, 6.45) is 2.08. The smallest absolute Gasteiger partial charge is 0.243 e. The summed E-state index contributed by atoms with van der Waals surface area (Å²) in [5.41, 5.74) is 4.31. The molecule has 4 heteroatoms. The molecule has 2 aromatic carbocycles. The van der Waals surface area contributed by atoms with Crippen molar-refractivity contribution in [3.63, 3.8) is 0 Å². The average Bonchev–Trinajstić information content (AvgIpc) is 2.56. The third-order valence-electron chi connectivity index (χ3n) is 4.16. The predicted molar refractivity (Wildman–Crippen MR) is 93.3 cm³/mol. The number of benzene rings is 2. The zero-order chi connectivity index (χ0) is 16.2. The number of nitrogens with one attached hydrogen (secondary N) is 1. The van der Waals surface area contributed by atoms with Gasteiger partial charge in [-0.3, -0.25) is 4.79 Å². The number of amides is 1. The minimum Gasteiger partial charge on any atom is -0.495 e. The maximum Gasteiger partial charge on any atom is 0.243 e. The van der Waals surface area contributed by atoms with Crippen LogP contribution in [-0.2, 0) is 11.2 Å². The minimum atomic E-state index is -0.00684. The Kier molecular flexibility index (Phi) is 4.51. The van der Waals surface area contributed by atoms with Gasteiger partial charge in [0.25, 0.3) is 0 Å². The molecular weight excluding hydrogens is 288 g/mol. The molecule has 0 aromatic heterocycles. The molecular formula is C19H22N2O2. The molecule has 0 spiro atoms. The molecule has 1 amide bonds. The van der Waals surface area contributed by atoms with Crippen molar-refractivity contribution in [3.8, 4) is 5.75 Å². The Labute approximate surface area is 137 Å². The van der Waals surface area contributed by atoms with Crippen LogP contribution >= 0.6 is 0 Å². The summed E-state index contributed by atoms with van der Waals surface area (Å²) >= 11 is 0. The summed E-state index contributed by atoms with van der Waals surface area (Å²) < 4.78 is 5.48. The van der Waals surface area contributed by atoms with Gasteiger partial charge in [-0.15, -0.1) is 0 Å². The van der Waals surface area contributed by atoms with Crippen molar-refractivity contribution < 1.29 is 9.53 Å². The van der Waals surface area contributed by atoms with Gasteiger partial charge in [0.1, 0.15) is 5.75 Å². The van der Waals surface area contributed by atoms with Gasteiger partial charge >= 0.3 is 0 Å². The van der Waals surface area contributed by atoms with E-state index in [0.29, 0.717) is 6.54 Å². The predicted octanol–water partition coefficient (Wildman–Crippen LogP) is 3.39. The second kappa shape index (κ2) is 6.73. The van der Waals surface area contributed by atoms with Crippen molar-refractivity contribution in [2.45, 2.75) is 19.8 Å². The highest BCUT2D eigenvalue weighted by Gasteiger charge is 2.22. The van der Waals surface area contributed by atoms with Gasteiger partial charge in [-0.2, -0.15) is 0 Å². The van der Waals surface area contributed by atoms with Crippen LogP contribution < -0.4 is 15.0 Å². The van der Waals surface area contributed by atoms with Crippen molar-refractivity contribution in [3.05, 3.63) is 53.6 Å². The van der Waals surface area contributed by atoms with Gasteiger partial charge in [-0.05, 0) is 43.5 Å². The summed E-state index contributed by atoms with van der Waals surface area (Å²) in [6.45, 7) is 3.23. The summed E-state index contributed by atoms with van der Waals surface area (Å²) in [5, 5.41) is 2.96. The Hall–Kier alpha value is -2.49. The van der Waals surface area contributed by atoms with Gasteiger partial charge in [0.05, 0.1) is 19.3 Å². The number of anilines is 2. The number of hydrogen-bond donors (Lipinski definition) is 1. The standard InChI is InChI=1S/C19H22N2O2/c1-14-8-10-16(11-9-14)20-18(22)13-21-12-4-6-15-5-3-7-17(23-2)19(15)21/h3,5,7-11H,4,6,12-13H2,1-2H3,(H,20,22). The monoisotopic (exact) mass is 310 g/mol. The highest BCUT2D eigenvalue weighted by Crippen LogP contribution is 2.35. The molecule has 0 fully saturated rings. The highest BCUT2D eigenvalue weighted by molar-refractivity contribution is 5.94. The normalized spacial score (nSPS) is 13.4. The Morgan fingerprint density at radius 3 is 2.74 bits per heavy atom. The lowest BCUT2D eigenvalue weighted by Gasteiger charge is -2.32. The molecule has 1 heterocycles. The van der Waals surface area contributed by atoms with Gasteiger partial charge in [-0.1, -0.05) is 29.8 Å². The van der Waals surface area contributed by atoms with E-state index in [1.54, 1.807) is 7.11 Å². The quantitative estimate of drug-likeness (QED) is 0.941. The molecule has 120 valence electrons. The maximum absolute atomic E-state index is 12.4. The minimum absolute atomic E-state index is 0.00684. The van der Waals surface area contributed by atoms with Gasteiger partial charge in [0, 0.05) is 12.2 Å². The molecule has 0 radical (unpaired) electrons. The van der Waals surface area contributed by atoms with Crippen molar-refractivity contribution in [2.75, 3.05) is 30.4 Å². The number of fused-ring (bicyclic) bond motifs is 1. The van der Waals surface area contributed by atoms with Crippen LogP contribution in [0, 0.1) is 6.92 Å². The van der Waals surface area contributed by atoms with Gasteiger partial charge in [0.15, 0.2) is 0 Å². The van der Waals surface area contributed by atoms with E-state index >= 15 is 0 Å². The molecule has 1 N–H and O–H groups in total. The first-order valence-electron chi connectivity index (χ1n) is 7.95. The number of para-hydroxylation sites is 1. The number of carbonyl (C=O) groups excluding carboxylic acids is 1.